The molecule has 0 heterocycles. The van der Waals surface area contributed by atoms with Gasteiger partial charge in [-0.05, 0) is 25.5 Å². The first-order chi connectivity index (χ1) is 10.3. The van der Waals surface area contributed by atoms with E-state index in [2.05, 4.69) is 10.3 Å². The van der Waals surface area contributed by atoms with E-state index in [1.807, 2.05) is 13.8 Å². The van der Waals surface area contributed by atoms with Crippen LogP contribution >= 0.6 is 0 Å². The van der Waals surface area contributed by atoms with Gasteiger partial charge in [-0.1, -0.05) is 31.5 Å². The summed E-state index contributed by atoms with van der Waals surface area (Å²) in [4.78, 5) is 16.4. The van der Waals surface area contributed by atoms with Crippen molar-refractivity contribution in [3.05, 3.63) is 35.9 Å². The van der Waals surface area contributed by atoms with Crippen molar-refractivity contribution in [1.82, 2.24) is 9.73 Å². The Balaban J connectivity index is 3.03. The standard InChI is InChI=1S/C14H22N4O3S/c1-4-8-11(2)16-14(18(15)22(3,20)21)17-13(19)12-9-6-5-7-10-12/h5-7,9-11H,4,8,15H2,1-3H3,(H,16,17,19). The van der Waals surface area contributed by atoms with Gasteiger partial charge in [0.15, 0.2) is 0 Å². The Labute approximate surface area is 131 Å². The summed E-state index contributed by atoms with van der Waals surface area (Å²) in [5, 5.41) is 2.46. The number of sulfonamides is 1. The van der Waals surface area contributed by atoms with Gasteiger partial charge in [-0.3, -0.25) is 10.1 Å². The van der Waals surface area contributed by atoms with E-state index < -0.39 is 15.9 Å². The van der Waals surface area contributed by atoms with Crippen LogP contribution in [0.4, 0.5) is 0 Å². The molecular weight excluding hydrogens is 304 g/mol. The summed E-state index contributed by atoms with van der Waals surface area (Å²) in [5.74, 6) is 4.91. The molecule has 0 fully saturated rings. The molecule has 3 N–H and O–H groups in total. The van der Waals surface area contributed by atoms with Crippen molar-refractivity contribution in [2.75, 3.05) is 6.26 Å². The Hall–Kier alpha value is -1.93. The molecule has 0 aliphatic heterocycles. The van der Waals surface area contributed by atoms with Crippen molar-refractivity contribution in [3.8, 4) is 0 Å². The summed E-state index contributed by atoms with van der Waals surface area (Å²) in [6.07, 6.45) is 2.58. The number of carbonyl (C=O) groups is 1. The molecule has 0 aromatic heterocycles. The number of carbonyl (C=O) groups excluding carboxylic acids is 1. The summed E-state index contributed by atoms with van der Waals surface area (Å²) in [6.45, 7) is 3.82. The third-order valence-corrected chi connectivity index (χ3v) is 3.76. The number of aliphatic imine (C=N–C) groups is 1. The molecule has 0 spiro atoms. The van der Waals surface area contributed by atoms with Crippen molar-refractivity contribution in [1.29, 1.82) is 0 Å². The predicted octanol–water partition coefficient (Wildman–Crippen LogP) is 1.10. The van der Waals surface area contributed by atoms with E-state index in [0.29, 0.717) is 9.98 Å². The van der Waals surface area contributed by atoms with Crippen LogP contribution in [0.15, 0.2) is 35.3 Å². The van der Waals surface area contributed by atoms with Gasteiger partial charge in [0.1, 0.15) is 0 Å². The van der Waals surface area contributed by atoms with E-state index in [9.17, 15) is 13.2 Å². The van der Waals surface area contributed by atoms with E-state index in [0.717, 1.165) is 19.1 Å². The van der Waals surface area contributed by atoms with E-state index in [4.69, 9.17) is 5.84 Å². The monoisotopic (exact) mass is 326 g/mol. The van der Waals surface area contributed by atoms with Crippen LogP contribution in [0.25, 0.3) is 0 Å². The van der Waals surface area contributed by atoms with E-state index in [1.165, 1.54) is 0 Å². The van der Waals surface area contributed by atoms with Crippen LogP contribution in [0.3, 0.4) is 0 Å². The van der Waals surface area contributed by atoms with Gasteiger partial charge in [-0.15, -0.1) is 0 Å². The van der Waals surface area contributed by atoms with Gasteiger partial charge >= 0.3 is 0 Å². The molecule has 22 heavy (non-hydrogen) atoms. The van der Waals surface area contributed by atoms with Crippen LogP contribution in [-0.2, 0) is 10.0 Å². The molecule has 0 saturated heterocycles. The third-order valence-electron chi connectivity index (χ3n) is 2.88. The predicted molar refractivity (Wildman–Crippen MR) is 86.6 cm³/mol. The highest BCUT2D eigenvalue weighted by Gasteiger charge is 2.21. The molecular formula is C14H22N4O3S. The van der Waals surface area contributed by atoms with Crippen LogP contribution < -0.4 is 11.2 Å². The number of guanidine groups is 1. The molecule has 0 aliphatic rings. The smallest absolute Gasteiger partial charge is 0.258 e. The Morgan fingerprint density at radius 1 is 1.36 bits per heavy atom. The van der Waals surface area contributed by atoms with Gasteiger partial charge in [-0.2, -0.15) is 4.41 Å². The lowest BCUT2D eigenvalue weighted by atomic mass is 10.2. The molecule has 0 bridgehead atoms. The van der Waals surface area contributed by atoms with Crippen molar-refractivity contribution in [2.45, 2.75) is 32.7 Å². The molecule has 8 heteroatoms. The largest absolute Gasteiger partial charge is 0.290 e. The number of amides is 1. The minimum atomic E-state index is -3.72. The van der Waals surface area contributed by atoms with Gasteiger partial charge in [-0.25, -0.2) is 19.3 Å². The third kappa shape index (κ3) is 5.45. The molecule has 0 radical (unpaired) electrons. The van der Waals surface area contributed by atoms with Crippen LogP contribution in [0, 0.1) is 0 Å². The highest BCUT2D eigenvalue weighted by Crippen LogP contribution is 2.04. The van der Waals surface area contributed by atoms with Gasteiger partial charge < -0.3 is 0 Å². The number of nitrogens with zero attached hydrogens (tertiary/aromatic N) is 2. The summed E-state index contributed by atoms with van der Waals surface area (Å²) in [5.41, 5.74) is 0.389. The van der Waals surface area contributed by atoms with Gasteiger partial charge in [0.05, 0.1) is 12.3 Å². The lowest BCUT2D eigenvalue weighted by molar-refractivity contribution is 0.0974. The second-order valence-corrected chi connectivity index (χ2v) is 6.83. The van der Waals surface area contributed by atoms with E-state index in [-0.39, 0.29) is 12.0 Å². The fraction of sp³-hybridized carbons (Fsp3) is 0.429. The molecule has 1 aromatic rings. The molecule has 0 saturated carbocycles. The second kappa shape index (κ2) is 7.90. The number of rotatable bonds is 5. The Bertz CT molecular complexity index is 629. The summed E-state index contributed by atoms with van der Waals surface area (Å²) < 4.78 is 23.7. The zero-order valence-corrected chi connectivity index (χ0v) is 13.8. The van der Waals surface area contributed by atoms with Crippen LogP contribution in [0.5, 0.6) is 0 Å². The first-order valence-corrected chi connectivity index (χ1v) is 8.79. The fourth-order valence-electron chi connectivity index (χ4n) is 1.76. The number of nitrogens with two attached hydrogens (primary N) is 1. The second-order valence-electron chi connectivity index (χ2n) is 4.97. The molecule has 0 aliphatic carbocycles. The minimum Gasteiger partial charge on any atom is -0.290 e. The van der Waals surface area contributed by atoms with Crippen molar-refractivity contribution in [2.24, 2.45) is 10.8 Å². The zero-order chi connectivity index (χ0) is 16.8. The highest BCUT2D eigenvalue weighted by molar-refractivity contribution is 7.88. The van der Waals surface area contributed by atoms with E-state index in [1.54, 1.807) is 30.3 Å². The molecule has 1 atom stereocenters. The maximum Gasteiger partial charge on any atom is 0.258 e. The number of nitrogens with one attached hydrogen (secondary N) is 1. The number of hydrazine groups is 1. The van der Waals surface area contributed by atoms with Gasteiger partial charge in [0, 0.05) is 5.56 Å². The lowest BCUT2D eigenvalue weighted by Gasteiger charge is -2.20. The zero-order valence-electron chi connectivity index (χ0n) is 13.0. The Kier molecular flexibility index (Phi) is 6.51. The van der Waals surface area contributed by atoms with Crippen LogP contribution in [0.1, 0.15) is 37.0 Å². The Morgan fingerprint density at radius 3 is 2.45 bits per heavy atom. The maximum absolute atomic E-state index is 12.2. The average molecular weight is 326 g/mol. The number of hydrogen-bond donors (Lipinski definition) is 2. The quantitative estimate of drug-likeness (QED) is 0.366. The van der Waals surface area contributed by atoms with Crippen molar-refractivity contribution in [3.63, 3.8) is 0 Å². The number of benzene rings is 1. The fourth-order valence-corrected chi connectivity index (χ4v) is 2.16. The topological polar surface area (TPSA) is 105 Å². The highest BCUT2D eigenvalue weighted by atomic mass is 32.2. The molecule has 1 unspecified atom stereocenters. The minimum absolute atomic E-state index is 0.163. The molecule has 7 nitrogen and oxygen atoms in total. The molecule has 122 valence electrons. The lowest BCUT2D eigenvalue weighted by Crippen LogP contribution is -2.51. The molecule has 1 rings (SSSR count). The van der Waals surface area contributed by atoms with Crippen molar-refractivity contribution < 1.29 is 13.2 Å². The summed E-state index contributed by atoms with van der Waals surface area (Å²) in [7, 11) is -3.72. The maximum atomic E-state index is 12.2. The van der Waals surface area contributed by atoms with Crippen molar-refractivity contribution >= 4 is 21.9 Å². The normalized spacial score (nSPS) is 13.5. The van der Waals surface area contributed by atoms with Gasteiger partial charge in [0.25, 0.3) is 5.91 Å². The SMILES string of the molecule is CCCC(C)N=C(NC(=O)c1ccccc1)N(N)S(C)(=O)=O. The summed E-state index contributed by atoms with van der Waals surface area (Å²) >= 11 is 0. The van der Waals surface area contributed by atoms with E-state index >= 15 is 0 Å². The molecule has 1 aromatic carbocycles. The van der Waals surface area contributed by atoms with Crippen LogP contribution in [0.2, 0.25) is 0 Å². The first kappa shape index (κ1) is 18.1. The van der Waals surface area contributed by atoms with Crippen LogP contribution in [-0.4, -0.2) is 37.0 Å². The number of hydrogen-bond acceptors (Lipinski definition) is 5. The Morgan fingerprint density at radius 2 is 1.95 bits per heavy atom. The van der Waals surface area contributed by atoms with Gasteiger partial charge in [0.2, 0.25) is 16.0 Å². The molecule has 1 amide bonds. The summed E-state index contributed by atoms with van der Waals surface area (Å²) in [6, 6.07) is 8.27. The average Bonchev–Trinajstić information content (AvgIpc) is 2.46. The first-order valence-electron chi connectivity index (χ1n) is 6.95.